The van der Waals surface area contributed by atoms with Crippen LogP contribution in [0, 0.1) is 0 Å². The number of fused-ring (bicyclic) bond motifs is 1. The molecule has 0 saturated carbocycles. The van der Waals surface area contributed by atoms with E-state index < -0.39 is 84.5 Å². The van der Waals surface area contributed by atoms with Crippen molar-refractivity contribution in [2.45, 2.75) is 103 Å². The zero-order valence-electron chi connectivity index (χ0n) is 65.6. The van der Waals surface area contributed by atoms with Crippen LogP contribution in [0.5, 0.6) is 0 Å². The number of carbonyl (C=O) groups excluding carboxylic acids is 13. The molecule has 114 heavy (non-hydrogen) atoms. The maximum atomic E-state index is 13.8. The van der Waals surface area contributed by atoms with Crippen molar-refractivity contribution in [3.05, 3.63) is 105 Å². The molecule has 1 fully saturated rings. The monoisotopic (exact) mass is 1620 g/mol. The summed E-state index contributed by atoms with van der Waals surface area (Å²) < 4.78 is 40.3. The van der Waals surface area contributed by atoms with Crippen molar-refractivity contribution in [3.63, 3.8) is 0 Å². The third-order valence-electron chi connectivity index (χ3n) is 18.1. The van der Waals surface area contributed by atoms with Gasteiger partial charge in [0, 0.05) is 149 Å². The fraction of sp³-hybridized carbons (Fsp3) is 0.541. The van der Waals surface area contributed by atoms with Crippen molar-refractivity contribution < 1.29 is 105 Å². The standard InChI is InChI=1S/C74H104ClN17O22/c1-47(78-49(3)93)68(101)79-48(2)69(102)80-54-14-12-52(13-15-54)61(114-74(107)90(9)28-30-108-29-21-51-11-16-55(37-58(51)75)81-73(106)77-39-50-10-17-57-53(36-50)40-92(71(57)104)60-18-19-62(94)82-70(60)103)38-56-41-91(84-83-56)22-20-59(76)72(105)89(8)27-35-112-45-66(98)87(6)25-33-110-43-64(96)85(4)23-31-109-42-63(95)86(5)24-32-111-44-65(97)88(7)26-34-113-46-67(99)100/h10-17,36-37,41,47-48,59-61H,18-35,38-40,42-46,76H2,1-9H3,(H,78,93)(H,79,101)(H,80,102)(H,99,100)(H2,77,81,106)(H,82,94,103)/t47-,48-,59?,60?,61?/m0/s1. The number of anilines is 2. The van der Waals surface area contributed by atoms with Crippen LogP contribution in [0.2, 0.25) is 5.02 Å². The molecule has 0 aliphatic carbocycles. The van der Waals surface area contributed by atoms with Crippen LogP contribution < -0.4 is 37.6 Å². The fourth-order valence-corrected chi connectivity index (χ4v) is 11.3. The number of nitrogens with zero attached hydrogens (tertiary/aromatic N) is 10. The lowest BCUT2D eigenvalue weighted by molar-refractivity contribution is -0.143. The first-order chi connectivity index (χ1) is 54.3. The lowest BCUT2D eigenvalue weighted by atomic mass is 10.0. The third-order valence-corrected chi connectivity index (χ3v) is 18.5. The molecular formula is C74H104ClN17O22. The molecule has 3 heterocycles. The number of hydrogen-bond donors (Lipinski definition) is 8. The molecule has 2 aliphatic heterocycles. The number of aromatic nitrogens is 3. The Kier molecular flexibility index (Phi) is 38.0. The Labute approximate surface area is 664 Å². The first-order valence-corrected chi connectivity index (χ1v) is 37.2. The minimum atomic E-state index is -1.11. The van der Waals surface area contributed by atoms with Gasteiger partial charge in [0.15, 0.2) is 0 Å². The Morgan fingerprint density at radius 3 is 1.73 bits per heavy atom. The summed E-state index contributed by atoms with van der Waals surface area (Å²) in [6.07, 6.45) is 0.931. The van der Waals surface area contributed by atoms with Crippen LogP contribution in [0.4, 0.5) is 21.0 Å². The van der Waals surface area contributed by atoms with Gasteiger partial charge in [-0.05, 0) is 85.7 Å². The fourth-order valence-electron chi connectivity index (χ4n) is 11.0. The average Bonchev–Trinajstić information content (AvgIpc) is 1.63. The number of benzene rings is 3. The number of carboxylic acids is 1. The normalized spacial score (nSPS) is 14.1. The van der Waals surface area contributed by atoms with Crippen LogP contribution in [-0.2, 0) is 118 Å². The zero-order chi connectivity index (χ0) is 83.6. The second kappa shape index (κ2) is 47.0. The number of carbonyl (C=O) groups is 14. The van der Waals surface area contributed by atoms with Crippen LogP contribution in [-0.4, -0.2) is 322 Å². The first-order valence-electron chi connectivity index (χ1n) is 36.8. The molecule has 0 bridgehead atoms. The molecule has 6 rings (SSSR count). The predicted octanol–water partition coefficient (Wildman–Crippen LogP) is -0.230. The Morgan fingerprint density at radius 1 is 0.640 bits per heavy atom. The van der Waals surface area contributed by atoms with E-state index in [1.165, 1.54) is 73.8 Å². The van der Waals surface area contributed by atoms with Crippen LogP contribution in [0.1, 0.15) is 84.4 Å². The highest BCUT2D eigenvalue weighted by atomic mass is 35.5. The molecule has 1 aromatic heterocycles. The Balaban J connectivity index is 0.884. The van der Waals surface area contributed by atoms with Crippen molar-refractivity contribution in [3.8, 4) is 0 Å². The molecule has 5 atom stereocenters. The first kappa shape index (κ1) is 92.1. The number of aryl methyl sites for hydroxylation is 1. The molecule has 14 amide bonds. The van der Waals surface area contributed by atoms with E-state index in [-0.39, 0.29) is 193 Å². The molecule has 40 heteroatoms. The number of urea groups is 1. The Hall–Kier alpha value is -10.8. The Morgan fingerprint density at radius 2 is 1.18 bits per heavy atom. The maximum absolute atomic E-state index is 13.8. The summed E-state index contributed by atoms with van der Waals surface area (Å²) >= 11 is 6.64. The number of carboxylic acid groups (broad SMARTS) is 1. The van der Waals surface area contributed by atoms with Gasteiger partial charge >= 0.3 is 18.1 Å². The quantitative estimate of drug-likeness (QED) is 0.0209. The van der Waals surface area contributed by atoms with E-state index in [4.69, 9.17) is 55.6 Å². The van der Waals surface area contributed by atoms with E-state index >= 15 is 0 Å². The lowest BCUT2D eigenvalue weighted by Gasteiger charge is -2.29. The summed E-state index contributed by atoms with van der Waals surface area (Å²) in [5.41, 5.74) is 10.7. The Bertz CT molecular complexity index is 3980. The number of ether oxygens (including phenoxy) is 7. The van der Waals surface area contributed by atoms with Crippen LogP contribution in [0.25, 0.3) is 0 Å². The number of hydrogen-bond acceptors (Lipinski definition) is 24. The van der Waals surface area contributed by atoms with Gasteiger partial charge in [-0.15, -0.1) is 5.10 Å². The largest absolute Gasteiger partial charge is 0.480 e. The minimum absolute atomic E-state index is 0.0145. The summed E-state index contributed by atoms with van der Waals surface area (Å²) in [4.78, 5) is 185. The number of halogens is 1. The molecule has 0 radical (unpaired) electrons. The van der Waals surface area contributed by atoms with Gasteiger partial charge in [0.2, 0.25) is 59.1 Å². The van der Waals surface area contributed by atoms with Gasteiger partial charge in [-0.1, -0.05) is 47.1 Å². The van der Waals surface area contributed by atoms with Gasteiger partial charge < -0.3 is 105 Å². The van der Waals surface area contributed by atoms with E-state index in [9.17, 15) is 67.1 Å². The third kappa shape index (κ3) is 31.3. The second-order valence-corrected chi connectivity index (χ2v) is 27.6. The molecule has 624 valence electrons. The predicted molar refractivity (Wildman–Crippen MR) is 408 cm³/mol. The average molecular weight is 1620 g/mol. The summed E-state index contributed by atoms with van der Waals surface area (Å²) in [6.45, 7) is 4.76. The minimum Gasteiger partial charge on any atom is -0.480 e. The number of nitrogens with two attached hydrogens (primary N) is 1. The van der Waals surface area contributed by atoms with Gasteiger partial charge in [0.05, 0.1) is 58.0 Å². The van der Waals surface area contributed by atoms with Crippen molar-refractivity contribution in [1.29, 1.82) is 0 Å². The summed E-state index contributed by atoms with van der Waals surface area (Å²) in [7, 11) is 9.26. The molecule has 3 unspecified atom stereocenters. The smallest absolute Gasteiger partial charge is 0.410 e. The number of likely N-dealkylation sites (N-methyl/N-ethyl adjacent to an activating group) is 6. The van der Waals surface area contributed by atoms with Crippen LogP contribution in [0.3, 0.4) is 0 Å². The van der Waals surface area contributed by atoms with Crippen molar-refractivity contribution in [1.82, 2.24) is 70.6 Å². The summed E-state index contributed by atoms with van der Waals surface area (Å²) in [5, 5.41) is 33.2. The maximum Gasteiger partial charge on any atom is 0.410 e. The molecular weight excluding hydrogens is 1510 g/mol. The van der Waals surface area contributed by atoms with Crippen molar-refractivity contribution >= 4 is 106 Å². The number of imide groups is 1. The highest BCUT2D eigenvalue weighted by molar-refractivity contribution is 6.31. The van der Waals surface area contributed by atoms with Gasteiger partial charge in [-0.25, -0.2) is 14.4 Å². The summed E-state index contributed by atoms with van der Waals surface area (Å²) in [6, 6.07) is 12.6. The number of piperidine rings is 1. The summed E-state index contributed by atoms with van der Waals surface area (Å²) in [5.74, 6) is -5.59. The SMILES string of the molecule is CC(=O)N[C@@H](C)C(=O)N[C@@H](C)C(=O)Nc1ccc(C(Cc2cn(CCC(N)C(=O)N(C)CCOCC(=O)N(C)CCOCC(=O)N(C)CCOCC(=O)N(C)CCOCC(=O)N(C)CCOCC(=O)O)nn2)OC(=O)N(C)CCOCCc2ccc(NC(=O)NCc3ccc4c(c3)CN(C3CCC(=O)NC3=O)C4=O)cc2Cl)cc1. The molecule has 1 saturated heterocycles. The number of nitrogens with one attached hydrogen (secondary N) is 6. The molecule has 9 N–H and O–H groups in total. The lowest BCUT2D eigenvalue weighted by Crippen LogP contribution is -2.52. The van der Waals surface area contributed by atoms with Crippen LogP contribution >= 0.6 is 11.6 Å². The van der Waals surface area contributed by atoms with Crippen molar-refractivity contribution in [2.75, 3.05) is 171 Å². The highest BCUT2D eigenvalue weighted by Crippen LogP contribution is 2.29. The van der Waals surface area contributed by atoms with E-state index in [1.54, 1.807) is 95.1 Å². The zero-order valence-corrected chi connectivity index (χ0v) is 66.3. The van der Waals surface area contributed by atoms with Gasteiger partial charge in [-0.3, -0.25) is 62.7 Å². The van der Waals surface area contributed by atoms with Gasteiger partial charge in [-0.2, -0.15) is 0 Å². The van der Waals surface area contributed by atoms with Crippen molar-refractivity contribution in [2.24, 2.45) is 5.73 Å². The number of amides is 14. The van der Waals surface area contributed by atoms with E-state index in [0.29, 0.717) is 45.2 Å². The van der Waals surface area contributed by atoms with Crippen LogP contribution in [0.15, 0.2) is 66.9 Å². The topological polar surface area (TPSA) is 475 Å². The van der Waals surface area contributed by atoms with E-state index in [0.717, 1.165) is 11.1 Å². The number of aliphatic carboxylic acids is 1. The molecule has 2 aliphatic rings. The number of rotatable bonds is 48. The van der Waals surface area contributed by atoms with Gasteiger partial charge in [0.25, 0.3) is 5.91 Å². The molecule has 0 spiro atoms. The molecule has 4 aromatic rings. The van der Waals surface area contributed by atoms with E-state index in [2.05, 4.69) is 42.2 Å². The molecule has 39 nitrogen and oxygen atoms in total. The highest BCUT2D eigenvalue weighted by Gasteiger charge is 2.39. The molecule has 3 aromatic carbocycles. The van der Waals surface area contributed by atoms with E-state index in [1.807, 2.05) is 0 Å². The second-order valence-electron chi connectivity index (χ2n) is 27.2. The van der Waals surface area contributed by atoms with Gasteiger partial charge in [0.1, 0.15) is 57.3 Å².